The van der Waals surface area contributed by atoms with E-state index < -0.39 is 17.7 Å². The Morgan fingerprint density at radius 1 is 1.02 bits per heavy atom. The molecule has 0 aliphatic carbocycles. The van der Waals surface area contributed by atoms with E-state index in [-0.39, 0.29) is 11.3 Å². The fourth-order valence-electron chi connectivity index (χ4n) is 5.07. The highest BCUT2D eigenvalue weighted by Crippen LogP contribution is 2.46. The van der Waals surface area contributed by atoms with Crippen molar-refractivity contribution < 1.29 is 24.2 Å². The van der Waals surface area contributed by atoms with Gasteiger partial charge in [0.25, 0.3) is 5.78 Å². The van der Waals surface area contributed by atoms with Gasteiger partial charge in [-0.2, -0.15) is 0 Å². The minimum atomic E-state index is -0.912. The molecule has 1 fully saturated rings. The van der Waals surface area contributed by atoms with Gasteiger partial charge < -0.3 is 14.6 Å². The Kier molecular flexibility index (Phi) is 7.89. The zero-order chi connectivity index (χ0) is 28.4. The number of ketones is 1. The highest BCUT2D eigenvalue weighted by Gasteiger charge is 2.48. The number of hydrogen-bond donors (Lipinski definition) is 1. The first-order valence-corrected chi connectivity index (χ1v) is 14.2. The van der Waals surface area contributed by atoms with Crippen molar-refractivity contribution in [3.8, 4) is 11.5 Å². The molecule has 206 valence electrons. The minimum absolute atomic E-state index is 0.00188. The van der Waals surface area contributed by atoms with E-state index in [9.17, 15) is 14.7 Å². The SMILES string of the molecule is CCCCCOc1ccc(C2/C(=C(\O)c3ccccc3)C(=O)C(=O)N2c2nc3c(C)cc(C)cc3s2)cc1OC. The second-order valence-corrected chi connectivity index (χ2v) is 10.9. The van der Waals surface area contributed by atoms with Gasteiger partial charge in [-0.3, -0.25) is 14.5 Å². The van der Waals surface area contributed by atoms with E-state index in [1.54, 1.807) is 43.5 Å². The van der Waals surface area contributed by atoms with Crippen LogP contribution in [0.4, 0.5) is 5.13 Å². The zero-order valence-electron chi connectivity index (χ0n) is 23.1. The van der Waals surface area contributed by atoms with Gasteiger partial charge in [-0.15, -0.1) is 0 Å². The van der Waals surface area contributed by atoms with Gasteiger partial charge >= 0.3 is 5.91 Å². The standard InChI is InChI=1S/C32H32N2O5S/c1-5-6-10-15-39-23-14-13-22(18-24(23)38-4)28-26(29(35)21-11-8-7-9-12-21)30(36)31(37)34(28)32-33-27-20(3)16-19(2)17-25(27)40-32/h7-9,11-14,16-18,28,35H,5-6,10,15H2,1-4H3/b29-26+. The van der Waals surface area contributed by atoms with E-state index >= 15 is 0 Å². The molecule has 7 nitrogen and oxygen atoms in total. The van der Waals surface area contributed by atoms with Gasteiger partial charge in [-0.25, -0.2) is 4.98 Å². The lowest BCUT2D eigenvalue weighted by molar-refractivity contribution is -0.132. The predicted octanol–water partition coefficient (Wildman–Crippen LogP) is 7.12. The summed E-state index contributed by atoms with van der Waals surface area (Å²) in [6, 6.07) is 17.3. The molecule has 1 amide bonds. The summed E-state index contributed by atoms with van der Waals surface area (Å²) < 4.78 is 12.5. The summed E-state index contributed by atoms with van der Waals surface area (Å²) in [6.45, 7) is 6.68. The highest BCUT2D eigenvalue weighted by molar-refractivity contribution is 7.22. The molecular formula is C32H32N2O5S. The van der Waals surface area contributed by atoms with Crippen LogP contribution in [0.2, 0.25) is 0 Å². The lowest BCUT2D eigenvalue weighted by Gasteiger charge is -2.24. The van der Waals surface area contributed by atoms with Crippen LogP contribution in [0.25, 0.3) is 16.0 Å². The molecule has 1 aliphatic rings. The van der Waals surface area contributed by atoms with Gasteiger partial charge in [0.1, 0.15) is 5.76 Å². The molecular weight excluding hydrogens is 524 g/mol. The molecule has 0 bridgehead atoms. The van der Waals surface area contributed by atoms with E-state index in [2.05, 4.69) is 6.92 Å². The second-order valence-electron chi connectivity index (χ2n) is 9.93. The maximum Gasteiger partial charge on any atom is 0.301 e. The fourth-order valence-corrected chi connectivity index (χ4v) is 6.23. The van der Waals surface area contributed by atoms with Gasteiger partial charge in [0.15, 0.2) is 16.6 Å². The van der Waals surface area contributed by atoms with Gasteiger partial charge in [0.05, 0.1) is 35.5 Å². The van der Waals surface area contributed by atoms with E-state index in [0.717, 1.165) is 40.6 Å². The first kappa shape index (κ1) is 27.4. The lowest BCUT2D eigenvalue weighted by Crippen LogP contribution is -2.29. The number of carbonyl (C=O) groups is 2. The molecule has 1 atom stereocenters. The Morgan fingerprint density at radius 2 is 1.80 bits per heavy atom. The van der Waals surface area contributed by atoms with Crippen LogP contribution in [0, 0.1) is 13.8 Å². The van der Waals surface area contributed by atoms with Gasteiger partial charge in [0.2, 0.25) is 0 Å². The number of aryl methyl sites for hydroxylation is 2. The summed E-state index contributed by atoms with van der Waals surface area (Å²) >= 11 is 1.35. The van der Waals surface area contributed by atoms with Crippen LogP contribution in [0.15, 0.2) is 66.2 Å². The van der Waals surface area contributed by atoms with Crippen LogP contribution in [0.3, 0.4) is 0 Å². The number of methoxy groups -OCH3 is 1. The number of benzene rings is 3. The molecule has 40 heavy (non-hydrogen) atoms. The normalized spacial score (nSPS) is 16.6. The highest BCUT2D eigenvalue weighted by atomic mass is 32.1. The largest absolute Gasteiger partial charge is 0.507 e. The van der Waals surface area contributed by atoms with E-state index in [1.807, 2.05) is 38.1 Å². The molecule has 5 rings (SSSR count). The van der Waals surface area contributed by atoms with Crippen molar-refractivity contribution in [2.45, 2.75) is 46.1 Å². The number of ether oxygens (including phenoxy) is 2. The molecule has 1 unspecified atom stereocenters. The maximum atomic E-state index is 13.6. The van der Waals surface area contributed by atoms with Crippen LogP contribution < -0.4 is 14.4 Å². The molecule has 0 radical (unpaired) electrons. The monoisotopic (exact) mass is 556 g/mol. The number of thiazole rings is 1. The Morgan fingerprint density at radius 3 is 2.52 bits per heavy atom. The number of hydrogen-bond acceptors (Lipinski definition) is 7. The third kappa shape index (κ3) is 5.07. The van der Waals surface area contributed by atoms with Crippen LogP contribution in [-0.2, 0) is 9.59 Å². The first-order chi connectivity index (χ1) is 19.3. The smallest absolute Gasteiger partial charge is 0.301 e. The van der Waals surface area contributed by atoms with Crippen molar-refractivity contribution >= 4 is 44.1 Å². The number of anilines is 1. The number of fused-ring (bicyclic) bond motifs is 1. The molecule has 1 N–H and O–H groups in total. The number of Topliss-reactive ketones (excluding diaryl/α,β-unsaturated/α-hetero) is 1. The fraction of sp³-hybridized carbons (Fsp3) is 0.281. The quantitative estimate of drug-likeness (QED) is 0.102. The zero-order valence-corrected chi connectivity index (χ0v) is 23.9. The summed E-state index contributed by atoms with van der Waals surface area (Å²) in [4.78, 5) is 33.4. The summed E-state index contributed by atoms with van der Waals surface area (Å²) in [6.07, 6.45) is 3.08. The van der Waals surface area contributed by atoms with Crippen molar-refractivity contribution in [1.82, 2.24) is 4.98 Å². The average Bonchev–Trinajstić information content (AvgIpc) is 3.49. The molecule has 0 saturated carbocycles. The molecule has 1 saturated heterocycles. The second kappa shape index (κ2) is 11.5. The van der Waals surface area contributed by atoms with Crippen LogP contribution >= 0.6 is 11.3 Å². The molecule has 1 aliphatic heterocycles. The number of aromatic nitrogens is 1. The number of unbranched alkanes of at least 4 members (excludes halogenated alkanes) is 2. The Balaban J connectivity index is 1.66. The average molecular weight is 557 g/mol. The molecule has 3 aromatic carbocycles. The summed E-state index contributed by atoms with van der Waals surface area (Å²) in [7, 11) is 1.55. The van der Waals surface area contributed by atoms with Crippen LogP contribution in [-0.4, -0.2) is 35.5 Å². The Hall–Kier alpha value is -4.17. The number of rotatable bonds is 9. The van der Waals surface area contributed by atoms with Gasteiger partial charge in [-0.1, -0.05) is 73.6 Å². The summed E-state index contributed by atoms with van der Waals surface area (Å²) in [5, 5.41) is 11.8. The Labute approximate surface area is 237 Å². The molecule has 4 aromatic rings. The number of aliphatic hydroxyl groups is 1. The first-order valence-electron chi connectivity index (χ1n) is 13.4. The molecule has 0 spiro atoms. The third-order valence-corrected chi connectivity index (χ3v) is 8.03. The third-order valence-electron chi connectivity index (χ3n) is 7.03. The molecule has 8 heteroatoms. The van der Waals surface area contributed by atoms with E-state index in [4.69, 9.17) is 14.5 Å². The van der Waals surface area contributed by atoms with Crippen molar-refractivity contribution in [2.24, 2.45) is 0 Å². The number of carbonyl (C=O) groups excluding carboxylic acids is 2. The lowest BCUT2D eigenvalue weighted by atomic mass is 9.95. The van der Waals surface area contributed by atoms with Crippen molar-refractivity contribution in [3.05, 3.63) is 88.5 Å². The molecule has 2 heterocycles. The number of amides is 1. The molecule has 1 aromatic heterocycles. The van der Waals surface area contributed by atoms with E-state index in [1.165, 1.54) is 16.2 Å². The van der Waals surface area contributed by atoms with Crippen molar-refractivity contribution in [1.29, 1.82) is 0 Å². The predicted molar refractivity (Wildman–Crippen MR) is 158 cm³/mol. The van der Waals surface area contributed by atoms with Crippen molar-refractivity contribution in [2.75, 3.05) is 18.6 Å². The summed E-state index contributed by atoms with van der Waals surface area (Å²) in [5.74, 6) is -0.686. The topological polar surface area (TPSA) is 89.0 Å². The van der Waals surface area contributed by atoms with Crippen molar-refractivity contribution in [3.63, 3.8) is 0 Å². The number of aliphatic hydroxyl groups excluding tert-OH is 1. The summed E-state index contributed by atoms with van der Waals surface area (Å²) in [5.41, 5.74) is 3.90. The van der Waals surface area contributed by atoms with Gasteiger partial charge in [0, 0.05) is 5.56 Å². The van der Waals surface area contributed by atoms with Crippen LogP contribution in [0.5, 0.6) is 11.5 Å². The maximum absolute atomic E-state index is 13.6. The Bertz CT molecular complexity index is 1610. The minimum Gasteiger partial charge on any atom is -0.507 e. The van der Waals surface area contributed by atoms with Crippen LogP contribution in [0.1, 0.15) is 54.5 Å². The van der Waals surface area contributed by atoms with E-state index in [0.29, 0.717) is 34.4 Å². The van der Waals surface area contributed by atoms with Gasteiger partial charge in [-0.05, 0) is 55.2 Å². The number of nitrogens with zero attached hydrogens (tertiary/aromatic N) is 2.